The maximum atomic E-state index is 10.00. The van der Waals surface area contributed by atoms with Gasteiger partial charge >= 0.3 is 0 Å². The predicted molar refractivity (Wildman–Crippen MR) is 65.4 cm³/mol. The van der Waals surface area contributed by atoms with Crippen molar-refractivity contribution in [2.75, 3.05) is 6.61 Å². The second-order valence-electron chi connectivity index (χ2n) is 4.76. The molecule has 2 aromatic heterocycles. The summed E-state index contributed by atoms with van der Waals surface area (Å²) < 4.78 is 8.39. The molecule has 0 amide bonds. The molecule has 0 bridgehead atoms. The fraction of sp³-hybridized carbons (Fsp3) is 0.545. The summed E-state index contributed by atoms with van der Waals surface area (Å²) in [6.07, 6.45) is -1.28. The Morgan fingerprint density at radius 1 is 1.30 bits per heavy atom. The summed E-state index contributed by atoms with van der Waals surface area (Å²) in [5, 5.41) is 36.8. The summed E-state index contributed by atoms with van der Waals surface area (Å²) in [7, 11) is 1.68. The molecule has 3 unspecified atom stereocenters. The van der Waals surface area contributed by atoms with Gasteiger partial charge in [0, 0.05) is 7.05 Å². The van der Waals surface area contributed by atoms with E-state index in [1.165, 1.54) is 21.8 Å². The quantitative estimate of drug-likeness (QED) is 0.497. The van der Waals surface area contributed by atoms with Crippen molar-refractivity contribution in [1.82, 2.24) is 19.1 Å². The molecule has 4 atom stereocenters. The van der Waals surface area contributed by atoms with Gasteiger partial charge in [-0.2, -0.15) is 0 Å². The second kappa shape index (κ2) is 4.63. The van der Waals surface area contributed by atoms with Gasteiger partial charge < -0.3 is 24.6 Å². The van der Waals surface area contributed by atoms with Crippen LogP contribution >= 0.6 is 0 Å². The van der Waals surface area contributed by atoms with Crippen LogP contribution in [0.3, 0.4) is 0 Å². The number of nitrogens with zero attached hydrogens (tertiary/aromatic N) is 4. The number of fused-ring (bicyclic) bond motifs is 1. The van der Waals surface area contributed by atoms with Crippen LogP contribution in [0.25, 0.3) is 11.2 Å². The van der Waals surface area contributed by atoms with Gasteiger partial charge in [0.1, 0.15) is 23.8 Å². The normalized spacial score (nSPS) is 30.2. The van der Waals surface area contributed by atoms with E-state index < -0.39 is 31.1 Å². The zero-order chi connectivity index (χ0) is 14.4. The largest absolute Gasteiger partial charge is 0.394 e. The molecule has 1 aliphatic heterocycles. The van der Waals surface area contributed by atoms with E-state index >= 15 is 0 Å². The molecular weight excluding hydrogens is 266 g/mol. The molecule has 1 aliphatic rings. The molecule has 9 nitrogen and oxygen atoms in total. The highest BCUT2D eigenvalue weighted by Gasteiger charge is 2.43. The van der Waals surface area contributed by atoms with Crippen LogP contribution in [-0.2, 0) is 11.8 Å². The van der Waals surface area contributed by atoms with Crippen LogP contribution < -0.4 is 5.49 Å². The number of hydrogen-bond donors (Lipinski definition) is 4. The second-order valence-corrected chi connectivity index (χ2v) is 4.76. The van der Waals surface area contributed by atoms with Gasteiger partial charge in [-0.3, -0.25) is 9.98 Å². The molecule has 1 fully saturated rings. The molecule has 3 rings (SSSR count). The minimum Gasteiger partial charge on any atom is -0.394 e. The zero-order valence-corrected chi connectivity index (χ0v) is 10.7. The molecule has 0 aromatic carbocycles. The maximum absolute atomic E-state index is 10.00. The van der Waals surface area contributed by atoms with Crippen molar-refractivity contribution in [3.8, 4) is 0 Å². The molecule has 20 heavy (non-hydrogen) atoms. The first kappa shape index (κ1) is 13.2. The highest BCUT2D eigenvalue weighted by atomic mass is 16.6. The molecule has 9 heteroatoms. The SMILES string of the molecule is Cn1cnc2c(ncn2C2OC(CO)C(O)[C@@H]2O)c1=N. The molecule has 0 spiro atoms. The van der Waals surface area contributed by atoms with Crippen molar-refractivity contribution in [2.45, 2.75) is 24.5 Å². The standard InChI is InChI=1S/C11H15N5O4/c1-15-3-14-10-6(9(15)12)13-4-16(10)11-8(19)7(18)5(2-17)20-11/h3-5,7-8,11-12,17-19H,2H2,1H3/t5?,7?,8-,11?/m0/s1. The Labute approximate surface area is 113 Å². The fourth-order valence-corrected chi connectivity index (χ4v) is 2.31. The van der Waals surface area contributed by atoms with E-state index in [2.05, 4.69) is 9.97 Å². The number of nitrogens with one attached hydrogen (secondary N) is 1. The van der Waals surface area contributed by atoms with Crippen molar-refractivity contribution in [1.29, 1.82) is 5.41 Å². The van der Waals surface area contributed by atoms with Gasteiger partial charge in [-0.25, -0.2) is 9.97 Å². The number of aliphatic hydroxyl groups excluding tert-OH is 3. The van der Waals surface area contributed by atoms with E-state index in [1.807, 2.05) is 0 Å². The predicted octanol–water partition coefficient (Wildman–Crippen LogP) is -2.14. The lowest BCUT2D eigenvalue weighted by atomic mass is 10.1. The third-order valence-corrected chi connectivity index (χ3v) is 3.49. The minimum atomic E-state index is -1.20. The molecule has 108 valence electrons. The average molecular weight is 281 g/mol. The van der Waals surface area contributed by atoms with Crippen molar-refractivity contribution in [2.24, 2.45) is 7.05 Å². The molecule has 0 saturated carbocycles. The highest BCUT2D eigenvalue weighted by Crippen LogP contribution is 2.30. The highest BCUT2D eigenvalue weighted by molar-refractivity contribution is 5.68. The summed E-state index contributed by atoms with van der Waals surface area (Å²) in [5.74, 6) is 0. The lowest BCUT2D eigenvalue weighted by Crippen LogP contribution is -2.33. The van der Waals surface area contributed by atoms with Crippen molar-refractivity contribution >= 4 is 11.2 Å². The van der Waals surface area contributed by atoms with E-state index in [1.54, 1.807) is 7.05 Å². The number of aryl methyl sites for hydroxylation is 1. The average Bonchev–Trinajstić information content (AvgIpc) is 2.98. The molecular formula is C11H15N5O4. The lowest BCUT2D eigenvalue weighted by Gasteiger charge is -2.16. The molecule has 3 heterocycles. The third kappa shape index (κ3) is 1.75. The van der Waals surface area contributed by atoms with Gasteiger partial charge in [0.05, 0.1) is 19.3 Å². The van der Waals surface area contributed by atoms with Crippen molar-refractivity contribution < 1.29 is 20.1 Å². The fourth-order valence-electron chi connectivity index (χ4n) is 2.31. The first-order chi connectivity index (χ1) is 9.54. The zero-order valence-electron chi connectivity index (χ0n) is 10.7. The summed E-state index contributed by atoms with van der Waals surface area (Å²) in [6, 6.07) is 0. The lowest BCUT2D eigenvalue weighted by molar-refractivity contribution is -0.0511. The summed E-state index contributed by atoms with van der Waals surface area (Å²) in [6.45, 7) is -0.395. The Kier molecular flexibility index (Phi) is 3.05. The van der Waals surface area contributed by atoms with Crippen LogP contribution in [0.4, 0.5) is 0 Å². The molecule has 1 saturated heterocycles. The summed E-state index contributed by atoms with van der Waals surface area (Å²) in [4.78, 5) is 8.26. The topological polar surface area (TPSA) is 129 Å². The van der Waals surface area contributed by atoms with Gasteiger partial charge in [0.25, 0.3) is 0 Å². The Hall–Kier alpha value is -1.81. The molecule has 0 radical (unpaired) electrons. The van der Waals surface area contributed by atoms with E-state index in [0.717, 1.165) is 0 Å². The third-order valence-electron chi connectivity index (χ3n) is 3.49. The van der Waals surface area contributed by atoms with Crippen LogP contribution in [-0.4, -0.2) is 59.3 Å². The number of ether oxygens (including phenoxy) is 1. The maximum Gasteiger partial charge on any atom is 0.167 e. The summed E-state index contributed by atoms with van der Waals surface area (Å²) in [5.41, 5.74) is 0.927. The minimum absolute atomic E-state index is 0.181. The van der Waals surface area contributed by atoms with Crippen LogP contribution in [0, 0.1) is 5.41 Å². The Morgan fingerprint density at radius 2 is 2.05 bits per heavy atom. The van der Waals surface area contributed by atoms with E-state index in [0.29, 0.717) is 11.2 Å². The molecule has 2 aromatic rings. The van der Waals surface area contributed by atoms with Crippen LogP contribution in [0.1, 0.15) is 6.23 Å². The number of aromatic nitrogens is 4. The number of imidazole rings is 1. The van der Waals surface area contributed by atoms with E-state index in [4.69, 9.17) is 15.3 Å². The molecule has 0 aliphatic carbocycles. The van der Waals surface area contributed by atoms with E-state index in [-0.39, 0.29) is 5.49 Å². The van der Waals surface area contributed by atoms with Gasteiger partial charge in [0.2, 0.25) is 0 Å². The van der Waals surface area contributed by atoms with Crippen LogP contribution in [0.5, 0.6) is 0 Å². The van der Waals surface area contributed by atoms with Gasteiger partial charge in [-0.1, -0.05) is 0 Å². The van der Waals surface area contributed by atoms with Gasteiger partial charge in [0.15, 0.2) is 17.4 Å². The number of rotatable bonds is 2. The van der Waals surface area contributed by atoms with Crippen molar-refractivity contribution in [3.05, 3.63) is 18.1 Å². The Bertz CT molecular complexity index is 696. The first-order valence-corrected chi connectivity index (χ1v) is 6.09. The number of hydrogen-bond acceptors (Lipinski definition) is 7. The molecule has 4 N–H and O–H groups in total. The van der Waals surface area contributed by atoms with Gasteiger partial charge in [-0.15, -0.1) is 0 Å². The van der Waals surface area contributed by atoms with Crippen LogP contribution in [0.2, 0.25) is 0 Å². The van der Waals surface area contributed by atoms with E-state index in [9.17, 15) is 10.2 Å². The first-order valence-electron chi connectivity index (χ1n) is 6.09. The smallest absolute Gasteiger partial charge is 0.167 e. The van der Waals surface area contributed by atoms with Crippen molar-refractivity contribution in [3.63, 3.8) is 0 Å². The van der Waals surface area contributed by atoms with Crippen LogP contribution in [0.15, 0.2) is 12.7 Å². The Balaban J connectivity index is 2.08. The monoisotopic (exact) mass is 281 g/mol. The Morgan fingerprint density at radius 3 is 2.70 bits per heavy atom. The number of aliphatic hydroxyl groups is 3. The summed E-state index contributed by atoms with van der Waals surface area (Å²) >= 11 is 0. The van der Waals surface area contributed by atoms with Gasteiger partial charge in [-0.05, 0) is 0 Å².